The number of carbonyl (C=O) groups excluding carboxylic acids is 1. The van der Waals surface area contributed by atoms with Gasteiger partial charge in [0.05, 0.1) is 29.1 Å². The molecule has 1 amide bonds. The lowest BCUT2D eigenvalue weighted by molar-refractivity contribution is -0.121. The van der Waals surface area contributed by atoms with Gasteiger partial charge in [-0.15, -0.1) is 0 Å². The lowest BCUT2D eigenvalue weighted by atomic mass is 10.2. The lowest BCUT2D eigenvalue weighted by Gasteiger charge is -2.26. The van der Waals surface area contributed by atoms with Crippen molar-refractivity contribution in [2.45, 2.75) is 57.9 Å². The minimum atomic E-state index is -3.54. The summed E-state index contributed by atoms with van der Waals surface area (Å²) in [6.45, 7) is 12.6. The number of nitrogens with one attached hydrogen (secondary N) is 1. The topological polar surface area (TPSA) is 96.8 Å². The van der Waals surface area contributed by atoms with E-state index in [2.05, 4.69) is 19.8 Å². The molecule has 1 aliphatic rings. The Hall–Kier alpha value is -2.01. The number of hydrogen-bond donors (Lipinski definition) is 1. The van der Waals surface area contributed by atoms with E-state index < -0.39 is 10.0 Å². The van der Waals surface area contributed by atoms with Gasteiger partial charge in [0.2, 0.25) is 15.9 Å². The number of imidazole rings is 1. The number of amides is 1. The van der Waals surface area contributed by atoms with Crippen LogP contribution < -0.4 is 5.32 Å². The molecule has 9 nitrogen and oxygen atoms in total. The van der Waals surface area contributed by atoms with Gasteiger partial charge < -0.3 is 14.6 Å². The van der Waals surface area contributed by atoms with Gasteiger partial charge in [-0.05, 0) is 44.5 Å². The third-order valence-electron chi connectivity index (χ3n) is 6.36. The van der Waals surface area contributed by atoms with Crippen LogP contribution in [-0.4, -0.2) is 85.6 Å². The smallest absolute Gasteiger partial charge is 0.243 e. The second kappa shape index (κ2) is 12.6. The molecule has 3 rings (SSSR count). The van der Waals surface area contributed by atoms with Crippen LogP contribution in [0.25, 0.3) is 11.0 Å². The fourth-order valence-corrected chi connectivity index (χ4v) is 5.88. The molecule has 0 atom stereocenters. The fraction of sp³-hybridized carbons (Fsp3) is 0.667. The van der Waals surface area contributed by atoms with Gasteiger partial charge >= 0.3 is 0 Å². The maximum atomic E-state index is 12.9. The van der Waals surface area contributed by atoms with E-state index in [0.717, 1.165) is 57.0 Å². The Morgan fingerprint density at radius 2 is 1.88 bits per heavy atom. The van der Waals surface area contributed by atoms with Crippen LogP contribution in [0.4, 0.5) is 0 Å². The molecule has 0 bridgehead atoms. The Bertz CT molecular complexity index is 1040. The normalized spacial score (nSPS) is 15.3. The van der Waals surface area contributed by atoms with Crippen LogP contribution in [-0.2, 0) is 32.5 Å². The Kier molecular flexibility index (Phi) is 9.87. The van der Waals surface area contributed by atoms with Crippen LogP contribution in [0.15, 0.2) is 23.1 Å². The Labute approximate surface area is 203 Å². The first kappa shape index (κ1) is 26.6. The molecule has 0 saturated carbocycles. The fourth-order valence-electron chi connectivity index (χ4n) is 4.40. The van der Waals surface area contributed by atoms with Crippen molar-refractivity contribution in [3.8, 4) is 0 Å². The average molecular weight is 494 g/mol. The van der Waals surface area contributed by atoms with Gasteiger partial charge in [0.25, 0.3) is 0 Å². The number of rotatable bonds is 13. The Balaban J connectivity index is 1.55. The number of carbonyl (C=O) groups is 1. The summed E-state index contributed by atoms with van der Waals surface area (Å²) >= 11 is 0. The number of unbranched alkanes of at least 4 members (excludes halogenated alkanes) is 1. The predicted molar refractivity (Wildman–Crippen MR) is 133 cm³/mol. The highest BCUT2D eigenvalue weighted by molar-refractivity contribution is 7.89. The quantitative estimate of drug-likeness (QED) is 0.430. The molecule has 2 heterocycles. The Morgan fingerprint density at radius 1 is 1.15 bits per heavy atom. The summed E-state index contributed by atoms with van der Waals surface area (Å²) in [7, 11) is -3.54. The first-order chi connectivity index (χ1) is 16.4. The minimum absolute atomic E-state index is 0.0193. The third-order valence-corrected chi connectivity index (χ3v) is 8.41. The summed E-state index contributed by atoms with van der Waals surface area (Å²) in [5, 5.41) is 3.01. The van der Waals surface area contributed by atoms with E-state index >= 15 is 0 Å². The van der Waals surface area contributed by atoms with E-state index in [1.54, 1.807) is 12.1 Å². The largest absolute Gasteiger partial charge is 0.379 e. The highest BCUT2D eigenvalue weighted by atomic mass is 32.2. The second-order valence-electron chi connectivity index (χ2n) is 8.52. The standard InChI is InChI=1S/C24H39N5O4S/c1-4-28(5-2)34(31,32)20-9-10-22-21(19-20)26-23(29(22)6-3)11-12-24(30)25-13-7-8-14-27-15-17-33-18-16-27/h9-10,19H,4-8,11-18H2,1-3H3,(H,25,30). The number of aryl methyl sites for hydroxylation is 2. The van der Waals surface area contributed by atoms with Crippen LogP contribution in [0, 0.1) is 0 Å². The van der Waals surface area contributed by atoms with Gasteiger partial charge in [-0.2, -0.15) is 4.31 Å². The summed E-state index contributed by atoms with van der Waals surface area (Å²) < 4.78 is 34.6. The molecule has 0 radical (unpaired) electrons. The molecule has 1 aromatic heterocycles. The molecule has 0 aliphatic carbocycles. The van der Waals surface area contributed by atoms with Crippen molar-refractivity contribution in [1.29, 1.82) is 0 Å². The number of benzene rings is 1. The van der Waals surface area contributed by atoms with E-state index in [4.69, 9.17) is 4.74 Å². The van der Waals surface area contributed by atoms with Crippen LogP contribution in [0.1, 0.15) is 45.9 Å². The number of ether oxygens (including phenoxy) is 1. The van der Waals surface area contributed by atoms with Gasteiger partial charge in [0.15, 0.2) is 0 Å². The molecular weight excluding hydrogens is 454 g/mol. The second-order valence-corrected chi connectivity index (χ2v) is 10.5. The summed E-state index contributed by atoms with van der Waals surface area (Å²) in [4.78, 5) is 19.7. The zero-order valence-corrected chi connectivity index (χ0v) is 21.6. The SMILES string of the molecule is CCN(CC)S(=O)(=O)c1ccc2c(c1)nc(CCC(=O)NCCCCN1CCOCC1)n2CC. The molecule has 2 aromatic rings. The predicted octanol–water partition coefficient (Wildman–Crippen LogP) is 2.25. The molecule has 1 saturated heterocycles. The van der Waals surface area contributed by atoms with E-state index in [9.17, 15) is 13.2 Å². The first-order valence-corrected chi connectivity index (χ1v) is 13.9. The molecule has 1 fully saturated rings. The van der Waals surface area contributed by atoms with E-state index in [1.165, 1.54) is 4.31 Å². The van der Waals surface area contributed by atoms with Crippen LogP contribution in [0.3, 0.4) is 0 Å². The van der Waals surface area contributed by atoms with Crippen molar-refractivity contribution in [2.24, 2.45) is 0 Å². The minimum Gasteiger partial charge on any atom is -0.379 e. The molecule has 0 unspecified atom stereocenters. The van der Waals surface area contributed by atoms with Crippen LogP contribution in [0.2, 0.25) is 0 Å². The summed E-state index contributed by atoms with van der Waals surface area (Å²) in [5.41, 5.74) is 1.54. The number of morpholine rings is 1. The molecule has 1 N–H and O–H groups in total. The monoisotopic (exact) mass is 493 g/mol. The zero-order valence-electron chi connectivity index (χ0n) is 20.8. The van der Waals surface area contributed by atoms with Gasteiger partial charge in [0, 0.05) is 52.1 Å². The van der Waals surface area contributed by atoms with Crippen molar-refractivity contribution in [2.75, 3.05) is 52.5 Å². The van der Waals surface area contributed by atoms with Crippen molar-refractivity contribution >= 4 is 27.0 Å². The van der Waals surface area contributed by atoms with Gasteiger partial charge in [-0.3, -0.25) is 9.69 Å². The number of fused-ring (bicyclic) bond motifs is 1. The van der Waals surface area contributed by atoms with E-state index in [0.29, 0.717) is 44.5 Å². The third kappa shape index (κ3) is 6.56. The lowest BCUT2D eigenvalue weighted by Crippen LogP contribution is -2.37. The molecule has 1 aromatic carbocycles. The number of hydrogen-bond acceptors (Lipinski definition) is 6. The molecular formula is C24H39N5O4S. The molecule has 1 aliphatic heterocycles. The van der Waals surface area contributed by atoms with Crippen molar-refractivity contribution in [3.05, 3.63) is 24.0 Å². The molecule has 190 valence electrons. The number of aromatic nitrogens is 2. The maximum absolute atomic E-state index is 12.9. The highest BCUT2D eigenvalue weighted by Gasteiger charge is 2.23. The van der Waals surface area contributed by atoms with Gasteiger partial charge in [-0.1, -0.05) is 13.8 Å². The summed E-state index contributed by atoms with van der Waals surface area (Å²) in [6, 6.07) is 5.12. The Morgan fingerprint density at radius 3 is 2.56 bits per heavy atom. The first-order valence-electron chi connectivity index (χ1n) is 12.5. The molecule has 10 heteroatoms. The van der Waals surface area contributed by atoms with Crippen molar-refractivity contribution < 1.29 is 17.9 Å². The highest BCUT2D eigenvalue weighted by Crippen LogP contribution is 2.23. The summed E-state index contributed by atoms with van der Waals surface area (Å²) in [5.74, 6) is 0.822. The summed E-state index contributed by atoms with van der Waals surface area (Å²) in [6.07, 6.45) is 2.89. The van der Waals surface area contributed by atoms with E-state index in [-0.39, 0.29) is 10.8 Å². The number of sulfonamides is 1. The van der Waals surface area contributed by atoms with Crippen LogP contribution >= 0.6 is 0 Å². The average Bonchev–Trinajstić information content (AvgIpc) is 3.20. The van der Waals surface area contributed by atoms with Crippen molar-refractivity contribution in [3.63, 3.8) is 0 Å². The molecule has 0 spiro atoms. The zero-order chi connectivity index (χ0) is 24.6. The van der Waals surface area contributed by atoms with Gasteiger partial charge in [-0.25, -0.2) is 13.4 Å². The molecule has 34 heavy (non-hydrogen) atoms. The van der Waals surface area contributed by atoms with Crippen molar-refractivity contribution in [1.82, 2.24) is 24.1 Å². The van der Waals surface area contributed by atoms with Crippen LogP contribution in [0.5, 0.6) is 0 Å². The number of nitrogens with zero attached hydrogens (tertiary/aromatic N) is 4. The van der Waals surface area contributed by atoms with Gasteiger partial charge in [0.1, 0.15) is 5.82 Å². The maximum Gasteiger partial charge on any atom is 0.243 e. The van der Waals surface area contributed by atoms with E-state index in [1.807, 2.05) is 26.8 Å².